The van der Waals surface area contributed by atoms with Crippen molar-refractivity contribution in [3.05, 3.63) is 0 Å². The molecule has 0 aliphatic heterocycles. The molecule has 51 heavy (non-hydrogen) atoms. The summed E-state index contributed by atoms with van der Waals surface area (Å²) in [6, 6.07) is 0. The van der Waals surface area contributed by atoms with Crippen LogP contribution in [0.25, 0.3) is 0 Å². The minimum atomic E-state index is -8.36. The van der Waals surface area contributed by atoms with Gasteiger partial charge in [-0.1, -0.05) is 20.8 Å². The number of alkyl halides is 22. The maximum absolute atomic E-state index is 15.1. The second-order valence-electron chi connectivity index (χ2n) is 11.9. The lowest BCUT2D eigenvalue weighted by molar-refractivity contribution is -0.427. The van der Waals surface area contributed by atoms with Crippen LogP contribution in [-0.4, -0.2) is 94.2 Å². The molecular weight excluding hydrogens is 786 g/mol. The molecule has 0 aliphatic rings. The van der Waals surface area contributed by atoms with E-state index in [1.165, 1.54) is 0 Å². The lowest BCUT2D eigenvalue weighted by Gasteiger charge is -2.52. The predicted molar refractivity (Wildman–Crippen MR) is 123 cm³/mol. The molecule has 0 aromatic rings. The van der Waals surface area contributed by atoms with Crippen LogP contribution in [0, 0.1) is 11.3 Å². The molecule has 0 rings (SSSR count). The molecule has 304 valence electrons. The highest BCUT2D eigenvalue weighted by Crippen LogP contribution is 2.63. The fourth-order valence-electron chi connectivity index (χ4n) is 4.79. The van der Waals surface area contributed by atoms with Crippen LogP contribution in [0.5, 0.6) is 0 Å². The Bertz CT molecular complexity index is 1180. The summed E-state index contributed by atoms with van der Waals surface area (Å²) < 4.78 is 303. The van der Waals surface area contributed by atoms with E-state index in [-0.39, 0.29) is 13.8 Å². The van der Waals surface area contributed by atoms with Crippen LogP contribution in [0.1, 0.15) is 46.5 Å². The minimum Gasteiger partial charge on any atom is -0.465 e. The fraction of sp³-hybridized carbons (Fsp3) is 0.913. The first-order valence-corrected chi connectivity index (χ1v) is 13.0. The standard InChI is InChI=1S/C23H24F22N2O4/c1-9(4-5-46-10(48)49)6-12(2,3)13(47-11(50)51,7-14(24,25)16(28,29)18(32,33)20(36,37)22(40,41)42)8-15(26,27)17(30,31)19(34,35)21(38,39)23(43,44)45/h9,46-47H,4-8H2,1-3H3,(H,48,49)(H,50,51). The first-order chi connectivity index (χ1) is 21.9. The number of hydrogen-bond acceptors (Lipinski definition) is 2. The van der Waals surface area contributed by atoms with Crippen LogP contribution in [0.4, 0.5) is 106 Å². The Morgan fingerprint density at radius 1 is 0.529 bits per heavy atom. The number of carbonyl (C=O) groups is 2. The van der Waals surface area contributed by atoms with Crippen molar-refractivity contribution in [2.24, 2.45) is 11.3 Å². The normalized spacial score (nSPS) is 16.2. The van der Waals surface area contributed by atoms with Crippen LogP contribution < -0.4 is 10.6 Å². The summed E-state index contributed by atoms with van der Waals surface area (Å²) >= 11 is 0. The molecule has 0 radical (unpaired) electrons. The largest absolute Gasteiger partial charge is 0.465 e. The van der Waals surface area contributed by atoms with Gasteiger partial charge in [0, 0.05) is 19.4 Å². The van der Waals surface area contributed by atoms with E-state index < -0.39 is 121 Å². The molecule has 0 saturated heterocycles. The van der Waals surface area contributed by atoms with Gasteiger partial charge in [-0.25, -0.2) is 9.59 Å². The van der Waals surface area contributed by atoms with Crippen LogP contribution in [0.2, 0.25) is 0 Å². The van der Waals surface area contributed by atoms with Crippen molar-refractivity contribution in [2.75, 3.05) is 6.54 Å². The molecule has 0 heterocycles. The van der Waals surface area contributed by atoms with Gasteiger partial charge < -0.3 is 20.8 Å². The van der Waals surface area contributed by atoms with Crippen LogP contribution in [0.3, 0.4) is 0 Å². The Kier molecular flexibility index (Phi) is 13.0. The van der Waals surface area contributed by atoms with Crippen molar-refractivity contribution < 1.29 is 116 Å². The molecular formula is C23H24F22N2O4. The smallest absolute Gasteiger partial charge is 0.460 e. The summed E-state index contributed by atoms with van der Waals surface area (Å²) in [5, 5.41) is 19.7. The molecule has 1 unspecified atom stereocenters. The van der Waals surface area contributed by atoms with E-state index in [0.29, 0.717) is 5.32 Å². The van der Waals surface area contributed by atoms with Gasteiger partial charge in [0.25, 0.3) is 0 Å². The number of hydrogen-bond donors (Lipinski definition) is 4. The van der Waals surface area contributed by atoms with Crippen LogP contribution in [0.15, 0.2) is 0 Å². The van der Waals surface area contributed by atoms with Crippen molar-refractivity contribution >= 4 is 12.2 Å². The van der Waals surface area contributed by atoms with Gasteiger partial charge >= 0.3 is 71.9 Å². The van der Waals surface area contributed by atoms with Crippen molar-refractivity contribution in [2.45, 2.75) is 112 Å². The monoisotopic (exact) mass is 810 g/mol. The Balaban J connectivity index is 7.95. The third kappa shape index (κ3) is 8.47. The van der Waals surface area contributed by atoms with Gasteiger partial charge in [-0.15, -0.1) is 0 Å². The molecule has 6 nitrogen and oxygen atoms in total. The summed E-state index contributed by atoms with van der Waals surface area (Å²) in [7, 11) is 0. The molecule has 4 N–H and O–H groups in total. The molecule has 0 aromatic heterocycles. The first kappa shape index (κ1) is 48.0. The van der Waals surface area contributed by atoms with Crippen molar-refractivity contribution in [3.8, 4) is 0 Å². The molecule has 0 bridgehead atoms. The van der Waals surface area contributed by atoms with E-state index in [1.807, 2.05) is 0 Å². The minimum absolute atomic E-state index is 0.0669. The quantitative estimate of drug-likeness (QED) is 0.110. The zero-order chi connectivity index (χ0) is 41.7. The fourth-order valence-corrected chi connectivity index (χ4v) is 4.79. The van der Waals surface area contributed by atoms with Crippen molar-refractivity contribution in [1.29, 1.82) is 0 Å². The summed E-state index contributed by atoms with van der Waals surface area (Å²) in [4.78, 5) is 22.2. The van der Waals surface area contributed by atoms with Gasteiger partial charge in [0.05, 0.1) is 5.54 Å². The van der Waals surface area contributed by atoms with Gasteiger partial charge in [0.1, 0.15) is 0 Å². The molecule has 0 saturated carbocycles. The van der Waals surface area contributed by atoms with Crippen LogP contribution in [-0.2, 0) is 0 Å². The second kappa shape index (κ2) is 13.8. The number of carboxylic acid groups (broad SMARTS) is 2. The van der Waals surface area contributed by atoms with E-state index in [2.05, 4.69) is 0 Å². The Hall–Kier alpha value is -3.00. The first-order valence-electron chi connectivity index (χ1n) is 13.0. The van der Waals surface area contributed by atoms with E-state index in [1.54, 1.807) is 5.32 Å². The van der Waals surface area contributed by atoms with Gasteiger partial charge in [0.2, 0.25) is 0 Å². The molecule has 0 spiro atoms. The third-order valence-electron chi connectivity index (χ3n) is 7.67. The van der Waals surface area contributed by atoms with Crippen molar-refractivity contribution in [1.82, 2.24) is 10.6 Å². The summed E-state index contributed by atoms with van der Waals surface area (Å²) in [6.07, 6.45) is -30.9. The maximum Gasteiger partial charge on any atom is 0.460 e. The lowest BCUT2D eigenvalue weighted by Crippen LogP contribution is -2.72. The van der Waals surface area contributed by atoms with Gasteiger partial charge in [-0.3, -0.25) is 0 Å². The van der Waals surface area contributed by atoms with Gasteiger partial charge in [0.15, 0.2) is 0 Å². The average Bonchev–Trinajstić information content (AvgIpc) is 2.84. The topological polar surface area (TPSA) is 98.7 Å². The van der Waals surface area contributed by atoms with Gasteiger partial charge in [-0.05, 0) is 24.2 Å². The SMILES string of the molecule is CC(CCNC(=O)O)CC(C)(C)C(CC(F)(F)C(F)(F)C(F)(F)C(F)(F)C(F)(F)F)(CC(F)(F)C(F)(F)C(F)(F)C(F)(F)C(F)(F)F)NC(=O)O. The predicted octanol–water partition coefficient (Wildman–Crippen LogP) is 9.69. The molecule has 28 heteroatoms. The summed E-state index contributed by atoms with van der Waals surface area (Å²) in [5.41, 5.74) is -8.42. The molecule has 0 aliphatic carbocycles. The Morgan fingerprint density at radius 2 is 0.843 bits per heavy atom. The Labute approximate surface area is 269 Å². The number of nitrogens with one attached hydrogen (secondary N) is 2. The zero-order valence-corrected chi connectivity index (χ0v) is 25.1. The highest BCUT2D eigenvalue weighted by Gasteiger charge is 2.89. The van der Waals surface area contributed by atoms with Crippen LogP contribution >= 0.6 is 0 Å². The summed E-state index contributed by atoms with van der Waals surface area (Å²) in [5.74, 6) is -65.9. The number of halogens is 22. The zero-order valence-electron chi connectivity index (χ0n) is 25.1. The summed E-state index contributed by atoms with van der Waals surface area (Å²) in [6.45, 7) is 0.202. The highest BCUT2D eigenvalue weighted by molar-refractivity contribution is 5.66. The highest BCUT2D eigenvalue weighted by atomic mass is 19.4. The number of rotatable bonds is 17. The molecule has 1 atom stereocenters. The van der Waals surface area contributed by atoms with Crippen molar-refractivity contribution in [3.63, 3.8) is 0 Å². The second-order valence-corrected chi connectivity index (χ2v) is 11.9. The van der Waals surface area contributed by atoms with Gasteiger partial charge in [-0.2, -0.15) is 96.6 Å². The lowest BCUT2D eigenvalue weighted by atomic mass is 9.61. The molecule has 2 amide bonds. The maximum atomic E-state index is 15.1. The average molecular weight is 810 g/mol. The van der Waals surface area contributed by atoms with E-state index in [4.69, 9.17) is 10.2 Å². The van der Waals surface area contributed by atoms with E-state index in [0.717, 1.165) is 6.92 Å². The van der Waals surface area contributed by atoms with E-state index >= 15 is 17.6 Å². The number of amides is 2. The third-order valence-corrected chi connectivity index (χ3v) is 7.67. The molecule has 0 fully saturated rings. The Morgan fingerprint density at radius 3 is 1.10 bits per heavy atom. The van der Waals surface area contributed by atoms with E-state index in [9.17, 15) is 88.6 Å². The molecule has 0 aromatic carbocycles.